The predicted octanol–water partition coefficient (Wildman–Crippen LogP) is 3.49. The highest BCUT2D eigenvalue weighted by atomic mass is 32.2. The van der Waals surface area contributed by atoms with Crippen LogP contribution in [0.1, 0.15) is 39.2 Å². The molecule has 0 aliphatic carbocycles. The summed E-state index contributed by atoms with van der Waals surface area (Å²) in [5.41, 5.74) is 2.20. The number of piperazine rings is 1. The van der Waals surface area contributed by atoms with Gasteiger partial charge in [0.1, 0.15) is 6.04 Å². The van der Waals surface area contributed by atoms with E-state index in [0.29, 0.717) is 32.5 Å². The Balaban J connectivity index is 1.45. The highest BCUT2D eigenvalue weighted by Crippen LogP contribution is 2.30. The van der Waals surface area contributed by atoms with Crippen molar-refractivity contribution < 1.29 is 13.2 Å². The third kappa shape index (κ3) is 4.55. The van der Waals surface area contributed by atoms with Gasteiger partial charge < -0.3 is 9.80 Å². The molecule has 6 nitrogen and oxygen atoms in total. The van der Waals surface area contributed by atoms with E-state index >= 15 is 0 Å². The van der Waals surface area contributed by atoms with Gasteiger partial charge in [0, 0.05) is 38.4 Å². The standard InChI is InChI=1S/C25H33N3O3S/c1-25(2,3)20-11-13-22(14-12-20)32(30,31)28-15-7-10-23(28)24(29)27-18-16-26(17-19-27)21-8-5-4-6-9-21/h4-6,8-9,11-14,23H,7,10,15-19H2,1-3H3. The summed E-state index contributed by atoms with van der Waals surface area (Å²) in [6.07, 6.45) is 1.29. The van der Waals surface area contributed by atoms with E-state index < -0.39 is 16.1 Å². The molecule has 32 heavy (non-hydrogen) atoms. The van der Waals surface area contributed by atoms with Gasteiger partial charge in [-0.15, -0.1) is 0 Å². The quantitative estimate of drug-likeness (QED) is 0.708. The molecule has 172 valence electrons. The Bertz CT molecular complexity index is 1040. The molecule has 2 saturated heterocycles. The Morgan fingerprint density at radius 1 is 0.875 bits per heavy atom. The fraction of sp³-hybridized carbons (Fsp3) is 0.480. The van der Waals surface area contributed by atoms with Crippen molar-refractivity contribution >= 4 is 21.6 Å². The average molecular weight is 456 g/mol. The molecule has 2 fully saturated rings. The van der Waals surface area contributed by atoms with Gasteiger partial charge in [0.15, 0.2) is 0 Å². The SMILES string of the molecule is CC(C)(C)c1ccc(S(=O)(=O)N2CCCC2C(=O)N2CCN(c3ccccc3)CC2)cc1. The second-order valence-electron chi connectivity index (χ2n) is 9.70. The molecular formula is C25H33N3O3S. The lowest BCUT2D eigenvalue weighted by Crippen LogP contribution is -2.54. The molecule has 1 unspecified atom stereocenters. The number of benzene rings is 2. The Morgan fingerprint density at radius 2 is 1.50 bits per heavy atom. The van der Waals surface area contributed by atoms with Crippen LogP contribution in [0, 0.1) is 0 Å². The fourth-order valence-electron chi connectivity index (χ4n) is 4.57. The molecule has 0 aromatic heterocycles. The number of sulfonamides is 1. The van der Waals surface area contributed by atoms with E-state index in [0.717, 1.165) is 24.3 Å². The van der Waals surface area contributed by atoms with Crippen LogP contribution in [0.4, 0.5) is 5.69 Å². The number of amides is 1. The number of anilines is 1. The zero-order chi connectivity index (χ0) is 22.9. The van der Waals surface area contributed by atoms with Crippen molar-refractivity contribution in [3.63, 3.8) is 0 Å². The first-order valence-electron chi connectivity index (χ1n) is 11.4. The number of rotatable bonds is 4. The topological polar surface area (TPSA) is 60.9 Å². The smallest absolute Gasteiger partial charge is 0.243 e. The first-order valence-corrected chi connectivity index (χ1v) is 12.8. The highest BCUT2D eigenvalue weighted by molar-refractivity contribution is 7.89. The molecule has 1 amide bonds. The first kappa shape index (κ1) is 22.8. The minimum atomic E-state index is -3.71. The van der Waals surface area contributed by atoms with E-state index in [1.807, 2.05) is 35.2 Å². The molecule has 2 heterocycles. The lowest BCUT2D eigenvalue weighted by molar-refractivity contribution is -0.134. The van der Waals surface area contributed by atoms with Gasteiger partial charge in [-0.1, -0.05) is 51.1 Å². The Hall–Kier alpha value is -2.38. The van der Waals surface area contributed by atoms with Crippen LogP contribution in [0.15, 0.2) is 59.5 Å². The average Bonchev–Trinajstić information content (AvgIpc) is 3.30. The maximum atomic E-state index is 13.4. The second kappa shape index (κ2) is 8.87. The van der Waals surface area contributed by atoms with Gasteiger partial charge in [0.25, 0.3) is 0 Å². The first-order chi connectivity index (χ1) is 15.2. The molecule has 2 aliphatic rings. The predicted molar refractivity (Wildman–Crippen MR) is 127 cm³/mol. The number of carbonyl (C=O) groups excluding carboxylic acids is 1. The molecule has 2 aromatic carbocycles. The third-order valence-corrected chi connectivity index (χ3v) is 8.45. The Labute approximate surface area is 191 Å². The van der Waals surface area contributed by atoms with Gasteiger partial charge in [-0.25, -0.2) is 8.42 Å². The summed E-state index contributed by atoms with van der Waals surface area (Å²) in [5.74, 6) is -0.0647. The summed E-state index contributed by atoms with van der Waals surface area (Å²) in [5, 5.41) is 0. The molecular weight excluding hydrogens is 422 g/mol. The van der Waals surface area contributed by atoms with Crippen LogP contribution in [-0.4, -0.2) is 62.3 Å². The maximum Gasteiger partial charge on any atom is 0.243 e. The summed E-state index contributed by atoms with van der Waals surface area (Å²) < 4.78 is 28.2. The van der Waals surface area contributed by atoms with E-state index in [2.05, 4.69) is 37.8 Å². The number of hydrogen-bond acceptors (Lipinski definition) is 4. The van der Waals surface area contributed by atoms with Gasteiger partial charge >= 0.3 is 0 Å². The maximum absolute atomic E-state index is 13.4. The van der Waals surface area contributed by atoms with Crippen molar-refractivity contribution in [3.05, 3.63) is 60.2 Å². The second-order valence-corrected chi connectivity index (χ2v) is 11.6. The van der Waals surface area contributed by atoms with Crippen molar-refractivity contribution in [2.24, 2.45) is 0 Å². The fourth-order valence-corrected chi connectivity index (χ4v) is 6.22. The van der Waals surface area contributed by atoms with Crippen LogP contribution in [0.5, 0.6) is 0 Å². The van der Waals surface area contributed by atoms with E-state index in [9.17, 15) is 13.2 Å². The summed E-state index contributed by atoms with van der Waals surface area (Å²) in [7, 11) is -3.71. The summed E-state index contributed by atoms with van der Waals surface area (Å²) in [6, 6.07) is 16.7. The largest absolute Gasteiger partial charge is 0.368 e. The Kier molecular flexibility index (Phi) is 6.32. The minimum Gasteiger partial charge on any atom is -0.368 e. The van der Waals surface area contributed by atoms with Crippen molar-refractivity contribution in [1.82, 2.24) is 9.21 Å². The molecule has 4 rings (SSSR count). The Morgan fingerprint density at radius 3 is 2.09 bits per heavy atom. The van der Waals surface area contributed by atoms with E-state index in [4.69, 9.17) is 0 Å². The zero-order valence-electron chi connectivity index (χ0n) is 19.2. The molecule has 0 saturated carbocycles. The van der Waals surface area contributed by atoms with E-state index in [-0.39, 0.29) is 16.2 Å². The van der Waals surface area contributed by atoms with Crippen LogP contribution >= 0.6 is 0 Å². The van der Waals surface area contributed by atoms with Gasteiger partial charge in [0.2, 0.25) is 15.9 Å². The number of para-hydroxylation sites is 1. The summed E-state index contributed by atoms with van der Waals surface area (Å²) >= 11 is 0. The normalized spacial score (nSPS) is 20.5. The van der Waals surface area contributed by atoms with Gasteiger partial charge in [-0.3, -0.25) is 4.79 Å². The molecule has 0 spiro atoms. The van der Waals surface area contributed by atoms with Crippen molar-refractivity contribution in [3.8, 4) is 0 Å². The molecule has 0 radical (unpaired) electrons. The van der Waals surface area contributed by atoms with Gasteiger partial charge in [-0.05, 0) is 48.1 Å². The van der Waals surface area contributed by atoms with Crippen LogP contribution < -0.4 is 4.90 Å². The van der Waals surface area contributed by atoms with Crippen LogP contribution in [-0.2, 0) is 20.2 Å². The van der Waals surface area contributed by atoms with E-state index in [1.54, 1.807) is 12.1 Å². The highest BCUT2D eigenvalue weighted by Gasteiger charge is 2.41. The molecule has 7 heteroatoms. The lowest BCUT2D eigenvalue weighted by Gasteiger charge is -2.38. The number of hydrogen-bond donors (Lipinski definition) is 0. The van der Waals surface area contributed by atoms with Crippen LogP contribution in [0.2, 0.25) is 0 Å². The van der Waals surface area contributed by atoms with Crippen LogP contribution in [0.3, 0.4) is 0 Å². The molecule has 2 aliphatic heterocycles. The monoisotopic (exact) mass is 455 g/mol. The lowest BCUT2D eigenvalue weighted by atomic mass is 9.87. The van der Waals surface area contributed by atoms with Crippen molar-refractivity contribution in [1.29, 1.82) is 0 Å². The van der Waals surface area contributed by atoms with Gasteiger partial charge in [-0.2, -0.15) is 4.31 Å². The molecule has 2 aromatic rings. The van der Waals surface area contributed by atoms with Crippen molar-refractivity contribution in [2.45, 2.75) is 50.0 Å². The molecule has 0 bridgehead atoms. The number of nitrogens with zero attached hydrogens (tertiary/aromatic N) is 3. The summed E-state index contributed by atoms with van der Waals surface area (Å²) in [6.45, 7) is 9.42. The van der Waals surface area contributed by atoms with Crippen LogP contribution in [0.25, 0.3) is 0 Å². The summed E-state index contributed by atoms with van der Waals surface area (Å²) in [4.78, 5) is 17.7. The van der Waals surface area contributed by atoms with Crippen molar-refractivity contribution in [2.75, 3.05) is 37.6 Å². The van der Waals surface area contributed by atoms with E-state index in [1.165, 1.54) is 4.31 Å². The molecule has 1 atom stereocenters. The minimum absolute atomic E-state index is 0.0453. The third-order valence-electron chi connectivity index (χ3n) is 6.53. The van der Waals surface area contributed by atoms with Gasteiger partial charge in [0.05, 0.1) is 4.90 Å². The zero-order valence-corrected chi connectivity index (χ0v) is 20.0. The molecule has 0 N–H and O–H groups in total. The number of carbonyl (C=O) groups is 1.